The average molecular weight is 405 g/mol. The van der Waals surface area contributed by atoms with E-state index >= 15 is 0 Å². The lowest BCUT2D eigenvalue weighted by molar-refractivity contribution is 0.0527. The number of esters is 1. The van der Waals surface area contributed by atoms with Crippen molar-refractivity contribution in [1.29, 1.82) is 0 Å². The Labute approximate surface area is 171 Å². The average Bonchev–Trinajstić information content (AvgIpc) is 3.29. The summed E-state index contributed by atoms with van der Waals surface area (Å²) in [5.41, 5.74) is 3.43. The molecule has 2 aromatic carbocycles. The molecule has 6 nitrogen and oxygen atoms in total. The Morgan fingerprint density at radius 3 is 2.55 bits per heavy atom. The molecular formula is C22H19N3O3S. The second-order valence-corrected chi connectivity index (χ2v) is 7.36. The molecule has 4 aromatic rings. The van der Waals surface area contributed by atoms with E-state index < -0.39 is 5.97 Å². The minimum absolute atomic E-state index is 0.270. The molecule has 146 valence electrons. The van der Waals surface area contributed by atoms with Crippen molar-refractivity contribution in [2.45, 2.75) is 13.8 Å². The zero-order chi connectivity index (χ0) is 20.4. The van der Waals surface area contributed by atoms with Gasteiger partial charge in [-0.1, -0.05) is 53.8 Å². The lowest BCUT2D eigenvalue weighted by atomic mass is 10.1. The summed E-state index contributed by atoms with van der Waals surface area (Å²) in [5.74, 6) is -0.746. The second kappa shape index (κ2) is 7.89. The smallest absolute Gasteiger partial charge is 0.340 e. The van der Waals surface area contributed by atoms with Crippen LogP contribution in [0.5, 0.6) is 0 Å². The van der Waals surface area contributed by atoms with E-state index in [4.69, 9.17) is 4.74 Å². The number of amides is 1. The van der Waals surface area contributed by atoms with E-state index in [9.17, 15) is 9.59 Å². The first-order valence-electron chi connectivity index (χ1n) is 9.20. The molecular weight excluding hydrogens is 386 g/mol. The molecule has 4 rings (SSSR count). The lowest BCUT2D eigenvalue weighted by Gasteiger charge is -2.10. The van der Waals surface area contributed by atoms with Crippen LogP contribution < -0.4 is 5.32 Å². The highest BCUT2D eigenvalue weighted by Gasteiger charge is 2.20. The molecule has 0 radical (unpaired) electrons. The van der Waals surface area contributed by atoms with E-state index in [-0.39, 0.29) is 12.5 Å². The first-order chi connectivity index (χ1) is 14.1. The van der Waals surface area contributed by atoms with Crippen LogP contribution in [0.25, 0.3) is 16.2 Å². The van der Waals surface area contributed by atoms with Crippen LogP contribution in [-0.2, 0) is 4.74 Å². The van der Waals surface area contributed by atoms with Crippen LogP contribution in [0, 0.1) is 6.92 Å². The zero-order valence-electron chi connectivity index (χ0n) is 16.0. The van der Waals surface area contributed by atoms with Gasteiger partial charge in [-0.05, 0) is 26.0 Å². The first kappa shape index (κ1) is 18.9. The van der Waals surface area contributed by atoms with Crippen LogP contribution in [0.1, 0.15) is 32.6 Å². The van der Waals surface area contributed by atoms with E-state index in [0.29, 0.717) is 16.1 Å². The SMILES string of the molecule is CCOC(=O)c1ccccc1NC(=O)c1sc2nc(-c3ccccc3)cn2c1C. The van der Waals surface area contributed by atoms with Gasteiger partial charge in [0.05, 0.1) is 23.6 Å². The molecule has 0 unspecified atom stereocenters. The summed E-state index contributed by atoms with van der Waals surface area (Å²) in [6.07, 6.45) is 1.93. The third kappa shape index (κ3) is 3.64. The Bertz CT molecular complexity index is 1190. The van der Waals surface area contributed by atoms with Crippen LogP contribution in [0.2, 0.25) is 0 Å². The first-order valence-corrected chi connectivity index (χ1v) is 10.0. The molecule has 0 aliphatic carbocycles. The van der Waals surface area contributed by atoms with Crippen molar-refractivity contribution in [3.05, 3.63) is 76.9 Å². The molecule has 0 bridgehead atoms. The Hall–Kier alpha value is -3.45. The van der Waals surface area contributed by atoms with Crippen LogP contribution in [-0.4, -0.2) is 27.9 Å². The Morgan fingerprint density at radius 2 is 1.83 bits per heavy atom. The number of fused-ring (bicyclic) bond motifs is 1. The Kier molecular flexibility index (Phi) is 5.14. The van der Waals surface area contributed by atoms with Gasteiger partial charge >= 0.3 is 5.97 Å². The van der Waals surface area contributed by atoms with E-state index in [2.05, 4.69) is 10.3 Å². The van der Waals surface area contributed by atoms with Gasteiger partial charge in [0.2, 0.25) is 0 Å². The minimum atomic E-state index is -0.464. The lowest BCUT2D eigenvalue weighted by Crippen LogP contribution is -2.16. The number of imidazole rings is 1. The van der Waals surface area contributed by atoms with Crippen LogP contribution in [0.3, 0.4) is 0 Å². The number of carbonyl (C=O) groups excluding carboxylic acids is 2. The fourth-order valence-electron chi connectivity index (χ4n) is 3.07. The van der Waals surface area contributed by atoms with Gasteiger partial charge in [-0.25, -0.2) is 9.78 Å². The van der Waals surface area contributed by atoms with Crippen molar-refractivity contribution >= 4 is 33.9 Å². The summed E-state index contributed by atoms with van der Waals surface area (Å²) in [5, 5.41) is 2.83. The maximum Gasteiger partial charge on any atom is 0.340 e. The standard InChI is InChI=1S/C22H19N3O3S/c1-3-28-21(27)16-11-7-8-12-17(16)23-20(26)19-14(2)25-13-18(24-22(25)29-19)15-9-5-4-6-10-15/h4-13H,3H2,1-2H3,(H,23,26). The molecule has 0 aliphatic heterocycles. The maximum absolute atomic E-state index is 12.9. The summed E-state index contributed by atoms with van der Waals surface area (Å²) in [4.78, 5) is 31.0. The summed E-state index contributed by atoms with van der Waals surface area (Å²) in [6.45, 7) is 3.89. The Balaban J connectivity index is 1.63. The number of hydrogen-bond donors (Lipinski definition) is 1. The van der Waals surface area contributed by atoms with Gasteiger partial charge in [-0.15, -0.1) is 0 Å². The normalized spacial score (nSPS) is 10.8. The van der Waals surface area contributed by atoms with E-state index in [1.807, 2.05) is 47.9 Å². The number of rotatable bonds is 5. The van der Waals surface area contributed by atoms with Crippen LogP contribution in [0.15, 0.2) is 60.8 Å². The number of para-hydroxylation sites is 1. The topological polar surface area (TPSA) is 72.7 Å². The highest BCUT2D eigenvalue weighted by Crippen LogP contribution is 2.28. The van der Waals surface area contributed by atoms with Gasteiger partial charge in [0.25, 0.3) is 5.91 Å². The molecule has 0 saturated heterocycles. The van der Waals surface area contributed by atoms with Gasteiger partial charge in [0.1, 0.15) is 4.88 Å². The van der Waals surface area contributed by atoms with Crippen molar-refractivity contribution in [3.63, 3.8) is 0 Å². The second-order valence-electron chi connectivity index (χ2n) is 6.38. The largest absolute Gasteiger partial charge is 0.462 e. The number of aromatic nitrogens is 2. The zero-order valence-corrected chi connectivity index (χ0v) is 16.8. The number of nitrogens with zero attached hydrogens (tertiary/aromatic N) is 2. The molecule has 0 spiro atoms. The molecule has 29 heavy (non-hydrogen) atoms. The Morgan fingerprint density at radius 1 is 1.10 bits per heavy atom. The molecule has 7 heteroatoms. The quantitative estimate of drug-likeness (QED) is 0.484. The van der Waals surface area contributed by atoms with Crippen molar-refractivity contribution in [3.8, 4) is 11.3 Å². The van der Waals surface area contributed by atoms with Gasteiger partial charge in [-0.2, -0.15) is 0 Å². The van der Waals surface area contributed by atoms with Gasteiger partial charge in [-0.3, -0.25) is 9.20 Å². The van der Waals surface area contributed by atoms with Crippen molar-refractivity contribution < 1.29 is 14.3 Å². The third-order valence-corrected chi connectivity index (χ3v) is 5.66. The fraction of sp³-hybridized carbons (Fsp3) is 0.136. The molecule has 0 fully saturated rings. The predicted octanol–water partition coefficient (Wildman–Crippen LogP) is 4.80. The van der Waals surface area contributed by atoms with E-state index in [1.165, 1.54) is 11.3 Å². The number of thiazole rings is 1. The minimum Gasteiger partial charge on any atom is -0.462 e. The molecule has 2 aromatic heterocycles. The summed E-state index contributed by atoms with van der Waals surface area (Å²) in [7, 11) is 0. The summed E-state index contributed by atoms with van der Waals surface area (Å²) < 4.78 is 6.98. The molecule has 0 aliphatic rings. The van der Waals surface area contributed by atoms with Crippen LogP contribution >= 0.6 is 11.3 Å². The third-order valence-electron chi connectivity index (χ3n) is 4.50. The number of benzene rings is 2. The molecule has 2 heterocycles. The number of anilines is 1. The maximum atomic E-state index is 12.9. The van der Waals surface area contributed by atoms with Crippen molar-refractivity contribution in [2.24, 2.45) is 0 Å². The number of ether oxygens (including phenoxy) is 1. The monoisotopic (exact) mass is 405 g/mol. The van der Waals surface area contributed by atoms with Gasteiger partial charge in [0, 0.05) is 17.5 Å². The van der Waals surface area contributed by atoms with E-state index in [0.717, 1.165) is 21.9 Å². The van der Waals surface area contributed by atoms with Crippen LogP contribution in [0.4, 0.5) is 5.69 Å². The predicted molar refractivity (Wildman–Crippen MR) is 114 cm³/mol. The van der Waals surface area contributed by atoms with Crippen molar-refractivity contribution in [2.75, 3.05) is 11.9 Å². The number of hydrogen-bond acceptors (Lipinski definition) is 5. The van der Waals surface area contributed by atoms with E-state index in [1.54, 1.807) is 31.2 Å². The summed E-state index contributed by atoms with van der Waals surface area (Å²) in [6, 6.07) is 16.7. The number of carbonyl (C=O) groups is 2. The number of nitrogens with one attached hydrogen (secondary N) is 1. The fourth-order valence-corrected chi connectivity index (χ4v) is 4.07. The molecule has 0 atom stereocenters. The van der Waals surface area contributed by atoms with Gasteiger partial charge < -0.3 is 10.1 Å². The van der Waals surface area contributed by atoms with Gasteiger partial charge in [0.15, 0.2) is 4.96 Å². The highest BCUT2D eigenvalue weighted by molar-refractivity contribution is 7.19. The highest BCUT2D eigenvalue weighted by atomic mass is 32.1. The van der Waals surface area contributed by atoms with Crippen molar-refractivity contribution in [1.82, 2.24) is 9.38 Å². The molecule has 1 N–H and O–H groups in total. The summed E-state index contributed by atoms with van der Waals surface area (Å²) >= 11 is 1.31. The molecule has 0 saturated carbocycles. The number of aryl methyl sites for hydroxylation is 1. The molecule has 1 amide bonds.